The second-order valence-corrected chi connectivity index (χ2v) is 5.03. The molecule has 0 atom stereocenters. The van der Waals surface area contributed by atoms with Gasteiger partial charge in [-0.15, -0.1) is 0 Å². The first-order chi connectivity index (χ1) is 10.2. The SMILES string of the molecule is CCOc1ccc(C(=O)NCCc2cccc(Cl)c2)cc1. The molecule has 2 rings (SSSR count). The highest BCUT2D eigenvalue weighted by molar-refractivity contribution is 6.30. The summed E-state index contributed by atoms with van der Waals surface area (Å²) in [5.41, 5.74) is 1.74. The van der Waals surface area contributed by atoms with Crippen molar-refractivity contribution < 1.29 is 9.53 Å². The normalized spacial score (nSPS) is 10.2. The highest BCUT2D eigenvalue weighted by atomic mass is 35.5. The lowest BCUT2D eigenvalue weighted by Crippen LogP contribution is -2.25. The van der Waals surface area contributed by atoms with Crippen LogP contribution in [0.4, 0.5) is 0 Å². The van der Waals surface area contributed by atoms with Gasteiger partial charge in [-0.1, -0.05) is 23.7 Å². The maximum absolute atomic E-state index is 12.0. The van der Waals surface area contributed by atoms with Crippen LogP contribution in [0.2, 0.25) is 5.02 Å². The Morgan fingerprint density at radius 2 is 1.95 bits per heavy atom. The molecule has 2 aromatic carbocycles. The molecule has 4 heteroatoms. The van der Waals surface area contributed by atoms with Crippen LogP contribution in [0, 0.1) is 0 Å². The van der Waals surface area contributed by atoms with E-state index in [4.69, 9.17) is 16.3 Å². The van der Waals surface area contributed by atoms with E-state index in [1.807, 2.05) is 31.2 Å². The lowest BCUT2D eigenvalue weighted by atomic mass is 10.1. The lowest BCUT2D eigenvalue weighted by Gasteiger charge is -2.07. The number of hydrogen-bond acceptors (Lipinski definition) is 2. The fourth-order valence-corrected chi connectivity index (χ4v) is 2.20. The van der Waals surface area contributed by atoms with Crippen molar-refractivity contribution in [3.8, 4) is 5.75 Å². The first kappa shape index (κ1) is 15.4. The van der Waals surface area contributed by atoms with Gasteiger partial charge in [0.1, 0.15) is 5.75 Å². The number of benzene rings is 2. The number of ether oxygens (including phenoxy) is 1. The molecule has 2 aromatic rings. The minimum absolute atomic E-state index is 0.0833. The average Bonchev–Trinajstić information content (AvgIpc) is 2.48. The summed E-state index contributed by atoms with van der Waals surface area (Å²) in [4.78, 5) is 12.0. The Labute approximate surface area is 129 Å². The van der Waals surface area contributed by atoms with E-state index in [9.17, 15) is 4.79 Å². The predicted octanol–water partition coefficient (Wildman–Crippen LogP) is 3.71. The van der Waals surface area contributed by atoms with Crippen molar-refractivity contribution >= 4 is 17.5 Å². The van der Waals surface area contributed by atoms with Gasteiger partial charge < -0.3 is 10.1 Å². The maximum atomic E-state index is 12.0. The van der Waals surface area contributed by atoms with E-state index in [0.717, 1.165) is 17.7 Å². The second-order valence-electron chi connectivity index (χ2n) is 4.59. The smallest absolute Gasteiger partial charge is 0.251 e. The Bertz CT molecular complexity index is 596. The molecular weight excluding hydrogens is 286 g/mol. The summed E-state index contributed by atoms with van der Waals surface area (Å²) >= 11 is 5.92. The number of carbonyl (C=O) groups excluding carboxylic acids is 1. The summed E-state index contributed by atoms with van der Waals surface area (Å²) in [5, 5.41) is 3.61. The van der Waals surface area contributed by atoms with Gasteiger partial charge in [-0.2, -0.15) is 0 Å². The first-order valence-corrected chi connectivity index (χ1v) is 7.32. The summed E-state index contributed by atoms with van der Waals surface area (Å²) in [7, 11) is 0. The zero-order chi connectivity index (χ0) is 15.1. The molecule has 0 bridgehead atoms. The number of carbonyl (C=O) groups is 1. The van der Waals surface area contributed by atoms with E-state index >= 15 is 0 Å². The zero-order valence-corrected chi connectivity index (χ0v) is 12.7. The van der Waals surface area contributed by atoms with Crippen LogP contribution in [0.1, 0.15) is 22.8 Å². The third-order valence-electron chi connectivity index (χ3n) is 3.02. The maximum Gasteiger partial charge on any atom is 0.251 e. The minimum atomic E-state index is -0.0833. The van der Waals surface area contributed by atoms with Crippen LogP contribution < -0.4 is 10.1 Å². The molecule has 0 aliphatic carbocycles. The molecule has 0 fully saturated rings. The summed E-state index contributed by atoms with van der Waals surface area (Å²) in [6.45, 7) is 3.12. The molecule has 0 unspecified atom stereocenters. The molecule has 0 radical (unpaired) electrons. The molecule has 0 spiro atoms. The Morgan fingerprint density at radius 3 is 2.62 bits per heavy atom. The number of rotatable bonds is 6. The standard InChI is InChI=1S/C17H18ClNO2/c1-2-21-16-8-6-14(7-9-16)17(20)19-11-10-13-4-3-5-15(18)12-13/h3-9,12H,2,10-11H2,1H3,(H,19,20). The predicted molar refractivity (Wildman–Crippen MR) is 85.1 cm³/mol. The van der Waals surface area contributed by atoms with Gasteiger partial charge >= 0.3 is 0 Å². The van der Waals surface area contributed by atoms with E-state index in [0.29, 0.717) is 23.7 Å². The first-order valence-electron chi connectivity index (χ1n) is 6.94. The van der Waals surface area contributed by atoms with Crippen molar-refractivity contribution in [2.45, 2.75) is 13.3 Å². The second kappa shape index (κ2) is 7.70. The third kappa shape index (κ3) is 4.80. The Kier molecular flexibility index (Phi) is 5.64. The number of hydrogen-bond donors (Lipinski definition) is 1. The molecule has 0 heterocycles. The molecule has 110 valence electrons. The van der Waals surface area contributed by atoms with Gasteiger partial charge in [0.2, 0.25) is 0 Å². The lowest BCUT2D eigenvalue weighted by molar-refractivity contribution is 0.0954. The van der Waals surface area contributed by atoms with Gasteiger partial charge in [0.15, 0.2) is 0 Å². The van der Waals surface area contributed by atoms with Gasteiger partial charge in [-0.05, 0) is 55.3 Å². The van der Waals surface area contributed by atoms with E-state index < -0.39 is 0 Å². The van der Waals surface area contributed by atoms with Crippen LogP contribution in [-0.2, 0) is 6.42 Å². The largest absolute Gasteiger partial charge is 0.494 e. The number of amides is 1. The van der Waals surface area contributed by atoms with Gasteiger partial charge in [0.05, 0.1) is 6.61 Å². The highest BCUT2D eigenvalue weighted by Crippen LogP contribution is 2.12. The van der Waals surface area contributed by atoms with Gasteiger partial charge in [-0.25, -0.2) is 0 Å². The van der Waals surface area contributed by atoms with Gasteiger partial charge in [0, 0.05) is 17.1 Å². The molecule has 3 nitrogen and oxygen atoms in total. The van der Waals surface area contributed by atoms with E-state index in [2.05, 4.69) is 5.32 Å². The van der Waals surface area contributed by atoms with Crippen LogP contribution in [0.15, 0.2) is 48.5 Å². The van der Waals surface area contributed by atoms with Crippen molar-refractivity contribution in [1.82, 2.24) is 5.32 Å². The van der Waals surface area contributed by atoms with Crippen molar-refractivity contribution in [3.05, 3.63) is 64.7 Å². The van der Waals surface area contributed by atoms with Crippen molar-refractivity contribution in [2.24, 2.45) is 0 Å². The molecule has 0 saturated heterocycles. The molecule has 1 amide bonds. The molecule has 0 saturated carbocycles. The summed E-state index contributed by atoms with van der Waals surface area (Å²) < 4.78 is 5.35. The highest BCUT2D eigenvalue weighted by Gasteiger charge is 2.05. The Morgan fingerprint density at radius 1 is 1.19 bits per heavy atom. The van der Waals surface area contributed by atoms with Gasteiger partial charge in [0.25, 0.3) is 5.91 Å². The fraction of sp³-hybridized carbons (Fsp3) is 0.235. The van der Waals surface area contributed by atoms with E-state index in [1.165, 1.54) is 0 Å². The van der Waals surface area contributed by atoms with Crippen molar-refractivity contribution in [1.29, 1.82) is 0 Å². The quantitative estimate of drug-likeness (QED) is 0.883. The third-order valence-corrected chi connectivity index (χ3v) is 3.25. The minimum Gasteiger partial charge on any atom is -0.494 e. The monoisotopic (exact) mass is 303 g/mol. The Hall–Kier alpha value is -2.00. The molecule has 1 N–H and O–H groups in total. The Balaban J connectivity index is 1.84. The molecule has 0 aliphatic heterocycles. The van der Waals surface area contributed by atoms with E-state index in [1.54, 1.807) is 24.3 Å². The van der Waals surface area contributed by atoms with Crippen LogP contribution in [-0.4, -0.2) is 19.1 Å². The van der Waals surface area contributed by atoms with Crippen molar-refractivity contribution in [3.63, 3.8) is 0 Å². The van der Waals surface area contributed by atoms with Crippen molar-refractivity contribution in [2.75, 3.05) is 13.2 Å². The summed E-state index contributed by atoms with van der Waals surface area (Å²) in [5.74, 6) is 0.688. The average molecular weight is 304 g/mol. The number of halogens is 1. The summed E-state index contributed by atoms with van der Waals surface area (Å²) in [6, 6.07) is 14.8. The fourth-order valence-electron chi connectivity index (χ4n) is 1.98. The van der Waals surface area contributed by atoms with E-state index in [-0.39, 0.29) is 5.91 Å². The van der Waals surface area contributed by atoms with Gasteiger partial charge in [-0.3, -0.25) is 4.79 Å². The molecule has 0 aromatic heterocycles. The van der Waals surface area contributed by atoms with Crippen LogP contribution >= 0.6 is 11.6 Å². The summed E-state index contributed by atoms with van der Waals surface area (Å²) in [6.07, 6.45) is 0.753. The zero-order valence-electron chi connectivity index (χ0n) is 11.9. The van der Waals surface area contributed by atoms with Crippen LogP contribution in [0.25, 0.3) is 0 Å². The molecule has 21 heavy (non-hydrogen) atoms. The van der Waals surface area contributed by atoms with Crippen LogP contribution in [0.3, 0.4) is 0 Å². The molecule has 0 aliphatic rings. The molecular formula is C17H18ClNO2. The number of nitrogens with one attached hydrogen (secondary N) is 1. The van der Waals surface area contributed by atoms with Crippen LogP contribution in [0.5, 0.6) is 5.75 Å². The topological polar surface area (TPSA) is 38.3 Å².